The highest BCUT2D eigenvalue weighted by Gasteiger charge is 2.19. The van der Waals surface area contributed by atoms with Crippen molar-refractivity contribution in [3.05, 3.63) is 34.8 Å². The molecule has 1 N–H and O–H groups in total. The molecule has 11 heteroatoms. The molecule has 3 aromatic rings. The quantitative estimate of drug-likeness (QED) is 0.461. The molecule has 0 atom stereocenters. The Morgan fingerprint density at radius 1 is 1.12 bits per heavy atom. The van der Waals surface area contributed by atoms with Gasteiger partial charge >= 0.3 is 0 Å². The minimum Gasteiger partial charge on any atom is -0.372 e. The number of nitrogens with one attached hydrogen (secondary N) is 1. The largest absolute Gasteiger partial charge is 0.372 e. The van der Waals surface area contributed by atoms with E-state index in [-0.39, 0.29) is 17.6 Å². The van der Waals surface area contributed by atoms with Crippen molar-refractivity contribution in [2.24, 2.45) is 7.05 Å². The average molecular weight is 488 g/mol. The Kier molecular flexibility index (Phi) is 8.09. The maximum absolute atomic E-state index is 12.4. The van der Waals surface area contributed by atoms with Gasteiger partial charge in [-0.25, -0.2) is 4.98 Å². The van der Waals surface area contributed by atoms with Crippen molar-refractivity contribution < 1.29 is 9.59 Å². The molecule has 0 saturated carbocycles. The van der Waals surface area contributed by atoms with Gasteiger partial charge in [0.2, 0.25) is 5.91 Å². The molecule has 0 unspecified atom stereocenters. The van der Waals surface area contributed by atoms with Crippen LogP contribution in [0.1, 0.15) is 29.2 Å². The van der Waals surface area contributed by atoms with Gasteiger partial charge in [-0.2, -0.15) is 0 Å². The highest BCUT2D eigenvalue weighted by Crippen LogP contribution is 2.26. The Bertz CT molecular complexity index is 1120. The minimum atomic E-state index is -0.217. The number of anilines is 2. The topological polar surface area (TPSA) is 96.2 Å². The summed E-state index contributed by atoms with van der Waals surface area (Å²) in [7, 11) is 5.26. The third kappa shape index (κ3) is 5.72. The van der Waals surface area contributed by atoms with E-state index in [9.17, 15) is 9.59 Å². The first kappa shape index (κ1) is 24.7. The summed E-state index contributed by atoms with van der Waals surface area (Å²) in [5, 5.41) is 12.4. The number of carbonyl (C=O) groups is 2. The maximum atomic E-state index is 12.4. The van der Waals surface area contributed by atoms with E-state index in [0.717, 1.165) is 24.5 Å². The number of thioether (sulfide) groups is 1. The van der Waals surface area contributed by atoms with E-state index in [4.69, 9.17) is 0 Å². The molecule has 176 valence electrons. The number of thiazole rings is 1. The number of aromatic nitrogens is 4. The molecular formula is C22H29N7O2S2. The van der Waals surface area contributed by atoms with Crippen LogP contribution in [0.5, 0.6) is 0 Å². The summed E-state index contributed by atoms with van der Waals surface area (Å²) in [6.07, 6.45) is 0. The first-order valence-electron chi connectivity index (χ1n) is 10.6. The van der Waals surface area contributed by atoms with Crippen molar-refractivity contribution >= 4 is 45.7 Å². The fourth-order valence-electron chi connectivity index (χ4n) is 3.24. The Morgan fingerprint density at radius 2 is 1.79 bits per heavy atom. The average Bonchev–Trinajstić information content (AvgIpc) is 3.34. The number of aryl methyl sites for hydroxylation is 1. The van der Waals surface area contributed by atoms with Crippen LogP contribution in [0.3, 0.4) is 0 Å². The van der Waals surface area contributed by atoms with Crippen LogP contribution < -0.4 is 10.2 Å². The Labute approximate surface area is 202 Å². The molecule has 0 fully saturated rings. The summed E-state index contributed by atoms with van der Waals surface area (Å²) >= 11 is 2.47. The van der Waals surface area contributed by atoms with E-state index in [1.54, 1.807) is 21.0 Å². The third-order valence-electron chi connectivity index (χ3n) is 5.06. The second kappa shape index (κ2) is 10.8. The van der Waals surface area contributed by atoms with Crippen LogP contribution in [0, 0.1) is 6.92 Å². The van der Waals surface area contributed by atoms with Gasteiger partial charge in [0, 0.05) is 45.5 Å². The van der Waals surface area contributed by atoms with Gasteiger partial charge in [-0.1, -0.05) is 23.1 Å². The molecule has 0 radical (unpaired) electrons. The predicted molar refractivity (Wildman–Crippen MR) is 134 cm³/mol. The smallest absolute Gasteiger partial charge is 0.265 e. The van der Waals surface area contributed by atoms with Gasteiger partial charge in [-0.15, -0.1) is 10.2 Å². The van der Waals surface area contributed by atoms with Crippen LogP contribution in [0.25, 0.3) is 11.4 Å². The highest BCUT2D eigenvalue weighted by molar-refractivity contribution is 7.99. The van der Waals surface area contributed by atoms with Gasteiger partial charge in [-0.3, -0.25) is 9.59 Å². The fourth-order valence-corrected chi connectivity index (χ4v) is 4.95. The summed E-state index contributed by atoms with van der Waals surface area (Å²) < 4.78 is 1.88. The minimum absolute atomic E-state index is 0.128. The van der Waals surface area contributed by atoms with Crippen LogP contribution in [-0.2, 0) is 11.8 Å². The lowest BCUT2D eigenvalue weighted by Crippen LogP contribution is -2.21. The van der Waals surface area contributed by atoms with Crippen molar-refractivity contribution in [1.29, 1.82) is 0 Å². The number of amides is 2. The first-order valence-corrected chi connectivity index (χ1v) is 12.4. The molecule has 0 aliphatic rings. The number of nitrogens with zero attached hydrogens (tertiary/aromatic N) is 6. The van der Waals surface area contributed by atoms with Crippen molar-refractivity contribution in [3.63, 3.8) is 0 Å². The predicted octanol–water partition coefficient (Wildman–Crippen LogP) is 3.53. The normalized spacial score (nSPS) is 10.8. The summed E-state index contributed by atoms with van der Waals surface area (Å²) in [5.74, 6) is 0.552. The fraction of sp³-hybridized carbons (Fsp3) is 0.409. The number of carbonyl (C=O) groups excluding carboxylic acids is 2. The van der Waals surface area contributed by atoms with Gasteiger partial charge in [-0.05, 0) is 45.0 Å². The molecule has 2 heterocycles. The van der Waals surface area contributed by atoms with Crippen LogP contribution in [0.15, 0.2) is 29.4 Å². The number of hydrogen-bond acceptors (Lipinski definition) is 8. The number of rotatable bonds is 9. The Hall–Kier alpha value is -2.92. The monoisotopic (exact) mass is 487 g/mol. The summed E-state index contributed by atoms with van der Waals surface area (Å²) in [6, 6.07) is 8.25. The van der Waals surface area contributed by atoms with Crippen LogP contribution in [-0.4, -0.2) is 69.4 Å². The molecule has 0 aliphatic carbocycles. The Morgan fingerprint density at radius 3 is 2.39 bits per heavy atom. The van der Waals surface area contributed by atoms with E-state index in [2.05, 4.69) is 51.4 Å². The van der Waals surface area contributed by atoms with Gasteiger partial charge < -0.3 is 19.7 Å². The van der Waals surface area contributed by atoms with Crippen LogP contribution in [0.4, 0.5) is 10.8 Å². The Balaban J connectivity index is 1.62. The summed E-state index contributed by atoms with van der Waals surface area (Å²) in [4.78, 5) is 33.2. The molecule has 9 nitrogen and oxygen atoms in total. The van der Waals surface area contributed by atoms with Crippen molar-refractivity contribution in [3.8, 4) is 11.4 Å². The van der Waals surface area contributed by atoms with Gasteiger partial charge in [0.15, 0.2) is 16.1 Å². The molecular weight excluding hydrogens is 458 g/mol. The molecule has 2 amide bonds. The molecule has 2 aromatic heterocycles. The zero-order chi connectivity index (χ0) is 24.1. The van der Waals surface area contributed by atoms with E-state index in [1.807, 2.05) is 23.7 Å². The van der Waals surface area contributed by atoms with Crippen molar-refractivity contribution in [2.75, 3.05) is 43.2 Å². The van der Waals surface area contributed by atoms with Crippen molar-refractivity contribution in [2.45, 2.75) is 25.9 Å². The summed E-state index contributed by atoms with van der Waals surface area (Å²) in [6.45, 7) is 7.94. The van der Waals surface area contributed by atoms with Crippen LogP contribution in [0.2, 0.25) is 0 Å². The highest BCUT2D eigenvalue weighted by atomic mass is 32.2. The van der Waals surface area contributed by atoms with Gasteiger partial charge in [0.05, 0.1) is 11.4 Å². The molecule has 3 rings (SSSR count). The lowest BCUT2D eigenvalue weighted by atomic mass is 10.2. The van der Waals surface area contributed by atoms with Crippen molar-refractivity contribution in [1.82, 2.24) is 24.6 Å². The van der Waals surface area contributed by atoms with Crippen LogP contribution >= 0.6 is 23.1 Å². The number of hydrogen-bond donors (Lipinski definition) is 1. The molecule has 1 aromatic carbocycles. The molecule has 33 heavy (non-hydrogen) atoms. The first-order chi connectivity index (χ1) is 15.7. The maximum Gasteiger partial charge on any atom is 0.265 e. The zero-order valence-corrected chi connectivity index (χ0v) is 21.4. The van der Waals surface area contributed by atoms with E-state index < -0.39 is 0 Å². The van der Waals surface area contributed by atoms with E-state index >= 15 is 0 Å². The summed E-state index contributed by atoms with van der Waals surface area (Å²) in [5.41, 5.74) is 2.74. The molecule has 0 saturated heterocycles. The third-order valence-corrected chi connectivity index (χ3v) is 7.15. The second-order valence-electron chi connectivity index (χ2n) is 7.55. The molecule has 0 bridgehead atoms. The van der Waals surface area contributed by atoms with Gasteiger partial charge in [0.1, 0.15) is 4.88 Å². The van der Waals surface area contributed by atoms with E-state index in [1.165, 1.54) is 33.7 Å². The van der Waals surface area contributed by atoms with Gasteiger partial charge in [0.25, 0.3) is 5.91 Å². The zero-order valence-electron chi connectivity index (χ0n) is 19.7. The SMILES string of the molecule is CCN(CC)c1ccc(-c2nnc(SCC(=O)Nc3nc(C)c(C(=O)N(C)C)s3)n2C)cc1. The number of benzene rings is 1. The molecule has 0 aliphatic heterocycles. The standard InChI is InChI=1S/C22H29N7O2S2/c1-7-29(8-2)16-11-9-15(10-12-16)19-25-26-22(28(19)6)32-13-17(30)24-21-23-14(3)18(33-21)20(31)27(4)5/h9-12H,7-8,13H2,1-6H3,(H,23,24,30). The lowest BCUT2D eigenvalue weighted by Gasteiger charge is -2.21. The lowest BCUT2D eigenvalue weighted by molar-refractivity contribution is -0.113. The second-order valence-corrected chi connectivity index (χ2v) is 9.50. The molecule has 0 spiro atoms. The van der Waals surface area contributed by atoms with E-state index in [0.29, 0.717) is 20.9 Å².